The molecule has 0 unspecified atom stereocenters. The van der Waals surface area contributed by atoms with Gasteiger partial charge in [0.2, 0.25) is 0 Å². The summed E-state index contributed by atoms with van der Waals surface area (Å²) in [5, 5.41) is 10.0. The molecule has 2 nitrogen and oxygen atoms in total. The Morgan fingerprint density at radius 1 is 1.13 bits per heavy atom. The van der Waals surface area contributed by atoms with Gasteiger partial charge in [-0.1, -0.05) is 18.2 Å². The first-order chi connectivity index (χ1) is 11.2. The van der Waals surface area contributed by atoms with Gasteiger partial charge in [-0.05, 0) is 60.4 Å². The highest BCUT2D eigenvalue weighted by Gasteiger charge is 2.20. The summed E-state index contributed by atoms with van der Waals surface area (Å²) in [4.78, 5) is 4.70. The van der Waals surface area contributed by atoms with Crippen molar-refractivity contribution in [2.75, 3.05) is 0 Å². The van der Waals surface area contributed by atoms with Crippen LogP contribution in [0.15, 0.2) is 48.5 Å². The lowest BCUT2D eigenvalue weighted by molar-refractivity contribution is 0.616. The van der Waals surface area contributed by atoms with Crippen LogP contribution in [0.3, 0.4) is 0 Å². The van der Waals surface area contributed by atoms with E-state index in [9.17, 15) is 9.65 Å². The van der Waals surface area contributed by atoms with E-state index in [1.807, 2.05) is 37.3 Å². The van der Waals surface area contributed by atoms with Gasteiger partial charge in [0.15, 0.2) is 0 Å². The van der Waals surface area contributed by atoms with Crippen LogP contribution in [0.1, 0.15) is 27.9 Å². The fourth-order valence-corrected chi connectivity index (χ4v) is 3.20. The van der Waals surface area contributed by atoms with Gasteiger partial charge in [-0.2, -0.15) is 5.26 Å². The summed E-state index contributed by atoms with van der Waals surface area (Å²) in [7, 11) is 0. The van der Waals surface area contributed by atoms with Crippen LogP contribution < -0.4 is 0 Å². The van der Waals surface area contributed by atoms with Gasteiger partial charge in [-0.15, -0.1) is 0 Å². The van der Waals surface area contributed by atoms with Gasteiger partial charge >= 0.3 is 0 Å². The topological polar surface area (TPSA) is 36.7 Å². The first-order valence-electron chi connectivity index (χ1n) is 7.48. The fourth-order valence-electron chi connectivity index (χ4n) is 3.20. The smallest absolute Gasteiger partial charge is 0.126 e. The van der Waals surface area contributed by atoms with Crippen LogP contribution >= 0.6 is 0 Å². The number of pyridine rings is 1. The number of nitrogens with zero attached hydrogens (tertiary/aromatic N) is 2. The second-order valence-electron chi connectivity index (χ2n) is 5.70. The summed E-state index contributed by atoms with van der Waals surface area (Å²) in [6, 6.07) is 14.9. The lowest BCUT2D eigenvalue weighted by Gasteiger charge is -2.09. The van der Waals surface area contributed by atoms with Crippen LogP contribution in [-0.2, 0) is 6.42 Å². The van der Waals surface area contributed by atoms with Crippen molar-refractivity contribution in [1.82, 2.24) is 4.98 Å². The van der Waals surface area contributed by atoms with E-state index in [0.29, 0.717) is 11.1 Å². The molecule has 1 aliphatic rings. The van der Waals surface area contributed by atoms with Crippen molar-refractivity contribution in [3.05, 3.63) is 82.3 Å². The molecule has 0 amide bonds. The van der Waals surface area contributed by atoms with E-state index in [4.69, 9.17) is 4.98 Å². The average Bonchev–Trinajstić information content (AvgIpc) is 3.01. The predicted molar refractivity (Wildman–Crippen MR) is 88.4 cm³/mol. The Kier molecular flexibility index (Phi) is 2.99. The van der Waals surface area contributed by atoms with E-state index in [1.54, 1.807) is 6.07 Å². The molecule has 0 radical (unpaired) electrons. The van der Waals surface area contributed by atoms with E-state index in [2.05, 4.69) is 12.1 Å². The summed E-state index contributed by atoms with van der Waals surface area (Å²) in [6.07, 6.45) is 2.83. The van der Waals surface area contributed by atoms with E-state index < -0.39 is 0 Å². The molecule has 3 heteroatoms. The molecule has 0 fully saturated rings. The van der Waals surface area contributed by atoms with Gasteiger partial charge in [0.25, 0.3) is 0 Å². The van der Waals surface area contributed by atoms with Gasteiger partial charge in [0, 0.05) is 11.0 Å². The quantitative estimate of drug-likeness (QED) is 0.661. The Morgan fingerprint density at radius 2 is 2.00 bits per heavy atom. The van der Waals surface area contributed by atoms with Crippen molar-refractivity contribution in [2.45, 2.75) is 13.3 Å². The molecule has 1 aliphatic carbocycles. The highest BCUT2D eigenvalue weighted by atomic mass is 19.1. The molecule has 0 saturated heterocycles. The molecule has 0 spiro atoms. The zero-order chi connectivity index (χ0) is 16.0. The minimum absolute atomic E-state index is 0.163. The third-order valence-electron chi connectivity index (χ3n) is 4.46. The number of nitriles is 1. The van der Waals surface area contributed by atoms with Crippen molar-refractivity contribution >= 4 is 16.5 Å². The summed E-state index contributed by atoms with van der Waals surface area (Å²) >= 11 is 0. The number of hydrogen-bond acceptors (Lipinski definition) is 2. The number of rotatable bonds is 1. The van der Waals surface area contributed by atoms with E-state index in [0.717, 1.165) is 39.7 Å². The Balaban J connectivity index is 1.87. The molecule has 1 aromatic heterocycles. The Labute approximate surface area is 133 Å². The summed E-state index contributed by atoms with van der Waals surface area (Å²) in [5.74, 6) is -0.163. The van der Waals surface area contributed by atoms with Gasteiger partial charge in [-0.3, -0.25) is 0 Å². The third kappa shape index (κ3) is 2.03. The van der Waals surface area contributed by atoms with Crippen LogP contribution in [-0.4, -0.2) is 4.98 Å². The minimum atomic E-state index is -0.163. The normalized spacial score (nSPS) is 12.8. The molecular weight excluding hydrogens is 287 g/mol. The molecule has 0 atom stereocenters. The molecule has 0 bridgehead atoms. The van der Waals surface area contributed by atoms with Crippen LogP contribution in [0.25, 0.3) is 16.5 Å². The molecule has 1 heterocycles. The number of fused-ring (bicyclic) bond motifs is 2. The van der Waals surface area contributed by atoms with Crippen molar-refractivity contribution in [3.8, 4) is 6.07 Å². The number of aromatic nitrogens is 1. The maximum Gasteiger partial charge on any atom is 0.126 e. The lowest BCUT2D eigenvalue weighted by atomic mass is 9.98. The van der Waals surface area contributed by atoms with Gasteiger partial charge in [-0.25, -0.2) is 9.37 Å². The zero-order valence-corrected chi connectivity index (χ0v) is 12.6. The second-order valence-corrected chi connectivity index (χ2v) is 5.70. The Bertz CT molecular complexity index is 1030. The SMILES string of the molecule is Cc1c(F)ccc2c1CC=C2c1ccc2c(C#N)cccc2n1. The van der Waals surface area contributed by atoms with Crippen LogP contribution in [0.4, 0.5) is 4.39 Å². The van der Waals surface area contributed by atoms with Crippen molar-refractivity contribution in [1.29, 1.82) is 5.26 Å². The average molecular weight is 300 g/mol. The summed E-state index contributed by atoms with van der Waals surface area (Å²) < 4.78 is 13.7. The Hall–Kier alpha value is -2.99. The van der Waals surface area contributed by atoms with E-state index >= 15 is 0 Å². The van der Waals surface area contributed by atoms with E-state index in [-0.39, 0.29) is 5.82 Å². The maximum absolute atomic E-state index is 13.7. The number of hydrogen-bond donors (Lipinski definition) is 0. The second kappa shape index (κ2) is 5.03. The molecular formula is C20H13FN2. The zero-order valence-electron chi connectivity index (χ0n) is 12.6. The monoisotopic (exact) mass is 300 g/mol. The molecule has 2 aromatic carbocycles. The molecule has 110 valence electrons. The van der Waals surface area contributed by atoms with Gasteiger partial charge in [0.05, 0.1) is 22.8 Å². The molecule has 3 aromatic rings. The Morgan fingerprint density at radius 3 is 2.83 bits per heavy atom. The first kappa shape index (κ1) is 13.7. The first-order valence-corrected chi connectivity index (χ1v) is 7.48. The van der Waals surface area contributed by atoms with Crippen LogP contribution in [0.5, 0.6) is 0 Å². The van der Waals surface area contributed by atoms with Crippen molar-refractivity contribution < 1.29 is 4.39 Å². The maximum atomic E-state index is 13.7. The lowest BCUT2D eigenvalue weighted by Crippen LogP contribution is -1.95. The van der Waals surface area contributed by atoms with Gasteiger partial charge in [0.1, 0.15) is 5.82 Å². The standard InChI is InChI=1S/C20H13FN2/c1-12-14-5-6-17(16(14)7-9-18(12)21)20-10-8-15-13(11-22)3-2-4-19(15)23-20/h2-4,6-10H,5H2,1H3. The highest BCUT2D eigenvalue weighted by molar-refractivity contribution is 5.89. The predicted octanol–water partition coefficient (Wildman–Crippen LogP) is 4.54. The molecule has 0 N–H and O–H groups in total. The third-order valence-corrected chi connectivity index (χ3v) is 4.46. The molecule has 0 saturated carbocycles. The van der Waals surface area contributed by atoms with Crippen LogP contribution in [0, 0.1) is 24.1 Å². The number of benzene rings is 2. The largest absolute Gasteiger partial charge is 0.248 e. The van der Waals surface area contributed by atoms with Gasteiger partial charge < -0.3 is 0 Å². The molecule has 0 aliphatic heterocycles. The van der Waals surface area contributed by atoms with Crippen molar-refractivity contribution in [2.24, 2.45) is 0 Å². The fraction of sp³-hybridized carbons (Fsp3) is 0.100. The molecule has 23 heavy (non-hydrogen) atoms. The minimum Gasteiger partial charge on any atom is -0.248 e. The van der Waals surface area contributed by atoms with Crippen LogP contribution in [0.2, 0.25) is 0 Å². The number of allylic oxidation sites excluding steroid dienone is 1. The summed E-state index contributed by atoms with van der Waals surface area (Å²) in [5.41, 5.74) is 6.11. The summed E-state index contributed by atoms with van der Waals surface area (Å²) in [6.45, 7) is 1.82. The number of halogens is 1. The van der Waals surface area contributed by atoms with Crippen molar-refractivity contribution in [3.63, 3.8) is 0 Å². The van der Waals surface area contributed by atoms with E-state index in [1.165, 1.54) is 6.07 Å². The molecule has 4 rings (SSSR count). The highest BCUT2D eigenvalue weighted by Crippen LogP contribution is 2.35.